The minimum absolute atomic E-state index is 0.332. The molecule has 2 aliphatic rings. The fourth-order valence-corrected chi connectivity index (χ4v) is 1.82. The highest BCUT2D eigenvalue weighted by molar-refractivity contribution is 4.78. The largest absolute Gasteiger partial charge is 0.363 e. The summed E-state index contributed by atoms with van der Waals surface area (Å²) in [5.41, 5.74) is 0. The zero-order valence-electron chi connectivity index (χ0n) is 6.81. The fraction of sp³-hybridized carbons (Fsp3) is 1.00. The van der Waals surface area contributed by atoms with Crippen molar-refractivity contribution in [2.45, 2.75) is 19.1 Å². The van der Waals surface area contributed by atoms with Gasteiger partial charge < -0.3 is 10.1 Å². The van der Waals surface area contributed by atoms with Gasteiger partial charge in [0.1, 0.15) is 6.23 Å². The standard InChI is InChI=1S/C8H16N2O/c1-3-10-8(11-5-1)7-2-4-9-6-7/h7-10H,1-6H2. The first-order valence-electron chi connectivity index (χ1n) is 4.52. The Labute approximate surface area is 67.5 Å². The molecule has 2 saturated heterocycles. The molecule has 11 heavy (non-hydrogen) atoms. The molecule has 0 aromatic rings. The third kappa shape index (κ3) is 1.72. The van der Waals surface area contributed by atoms with Gasteiger partial charge in [0, 0.05) is 19.1 Å². The number of hydrogen-bond acceptors (Lipinski definition) is 3. The van der Waals surface area contributed by atoms with Crippen LogP contribution in [0.2, 0.25) is 0 Å². The summed E-state index contributed by atoms with van der Waals surface area (Å²) >= 11 is 0. The first-order valence-corrected chi connectivity index (χ1v) is 4.52. The van der Waals surface area contributed by atoms with Gasteiger partial charge in [0.25, 0.3) is 0 Å². The van der Waals surface area contributed by atoms with Crippen LogP contribution in [0.1, 0.15) is 12.8 Å². The molecule has 0 amide bonds. The molecule has 0 saturated carbocycles. The van der Waals surface area contributed by atoms with Crippen molar-refractivity contribution < 1.29 is 4.74 Å². The topological polar surface area (TPSA) is 33.3 Å². The molecule has 3 heteroatoms. The van der Waals surface area contributed by atoms with Gasteiger partial charge >= 0.3 is 0 Å². The van der Waals surface area contributed by atoms with E-state index in [4.69, 9.17) is 4.74 Å². The van der Waals surface area contributed by atoms with Crippen LogP contribution in [0.4, 0.5) is 0 Å². The van der Waals surface area contributed by atoms with Gasteiger partial charge in [-0.25, -0.2) is 0 Å². The molecule has 2 unspecified atom stereocenters. The van der Waals surface area contributed by atoms with Crippen LogP contribution in [0.15, 0.2) is 0 Å². The van der Waals surface area contributed by atoms with Crippen LogP contribution in [0.3, 0.4) is 0 Å². The highest BCUT2D eigenvalue weighted by atomic mass is 16.5. The molecule has 0 aliphatic carbocycles. The van der Waals surface area contributed by atoms with E-state index in [1.165, 1.54) is 6.42 Å². The van der Waals surface area contributed by atoms with Gasteiger partial charge in [-0.15, -0.1) is 0 Å². The van der Waals surface area contributed by atoms with Gasteiger partial charge in [0.2, 0.25) is 0 Å². The molecule has 2 heterocycles. The fourth-order valence-electron chi connectivity index (χ4n) is 1.82. The number of nitrogens with one attached hydrogen (secondary N) is 2. The van der Waals surface area contributed by atoms with E-state index >= 15 is 0 Å². The van der Waals surface area contributed by atoms with Crippen LogP contribution in [0.5, 0.6) is 0 Å². The van der Waals surface area contributed by atoms with Gasteiger partial charge in [-0.3, -0.25) is 5.32 Å². The smallest absolute Gasteiger partial charge is 0.112 e. The molecule has 0 spiro atoms. The summed E-state index contributed by atoms with van der Waals surface area (Å²) in [7, 11) is 0. The maximum absolute atomic E-state index is 5.61. The molecular formula is C8H16N2O. The van der Waals surface area contributed by atoms with E-state index in [0.717, 1.165) is 32.7 Å². The third-order valence-corrected chi connectivity index (χ3v) is 2.49. The van der Waals surface area contributed by atoms with Gasteiger partial charge in [0.15, 0.2) is 0 Å². The average Bonchev–Trinajstić information content (AvgIpc) is 2.58. The van der Waals surface area contributed by atoms with Crippen LogP contribution in [0, 0.1) is 5.92 Å². The highest BCUT2D eigenvalue weighted by Crippen LogP contribution is 2.15. The monoisotopic (exact) mass is 156 g/mol. The molecule has 2 rings (SSSR count). The molecule has 2 fully saturated rings. The van der Waals surface area contributed by atoms with Crippen molar-refractivity contribution in [1.82, 2.24) is 10.6 Å². The molecule has 0 bridgehead atoms. The van der Waals surface area contributed by atoms with Crippen molar-refractivity contribution >= 4 is 0 Å². The van der Waals surface area contributed by atoms with Crippen LogP contribution in [-0.2, 0) is 4.74 Å². The van der Waals surface area contributed by atoms with Crippen molar-refractivity contribution in [3.8, 4) is 0 Å². The Kier molecular flexibility index (Phi) is 2.41. The molecule has 3 nitrogen and oxygen atoms in total. The SMILES string of the molecule is C1CNC(C2CCNC2)OC1. The summed E-state index contributed by atoms with van der Waals surface area (Å²) in [5, 5.41) is 6.75. The number of hydrogen-bond donors (Lipinski definition) is 2. The summed E-state index contributed by atoms with van der Waals surface area (Å²) in [5.74, 6) is 0.704. The van der Waals surface area contributed by atoms with Gasteiger partial charge in [0.05, 0.1) is 0 Å². The average molecular weight is 156 g/mol. The lowest BCUT2D eigenvalue weighted by atomic mass is 10.1. The van der Waals surface area contributed by atoms with Crippen molar-refractivity contribution in [2.75, 3.05) is 26.2 Å². The maximum Gasteiger partial charge on any atom is 0.112 e. The predicted octanol–water partition coefficient (Wildman–Crippen LogP) is -0.0681. The van der Waals surface area contributed by atoms with Crippen LogP contribution >= 0.6 is 0 Å². The lowest BCUT2D eigenvalue weighted by Gasteiger charge is -2.28. The van der Waals surface area contributed by atoms with E-state index in [2.05, 4.69) is 10.6 Å². The Morgan fingerprint density at radius 1 is 1.27 bits per heavy atom. The summed E-state index contributed by atoms with van der Waals surface area (Å²) in [4.78, 5) is 0. The molecule has 2 N–H and O–H groups in total. The molecular weight excluding hydrogens is 140 g/mol. The Bertz CT molecular complexity index is 117. The lowest BCUT2D eigenvalue weighted by molar-refractivity contribution is -0.0307. The van der Waals surface area contributed by atoms with E-state index in [-0.39, 0.29) is 0 Å². The highest BCUT2D eigenvalue weighted by Gasteiger charge is 2.26. The Morgan fingerprint density at radius 2 is 2.27 bits per heavy atom. The van der Waals surface area contributed by atoms with Gasteiger partial charge in [-0.2, -0.15) is 0 Å². The van der Waals surface area contributed by atoms with E-state index in [9.17, 15) is 0 Å². The Hall–Kier alpha value is -0.120. The van der Waals surface area contributed by atoms with E-state index in [0.29, 0.717) is 12.1 Å². The van der Waals surface area contributed by atoms with E-state index < -0.39 is 0 Å². The van der Waals surface area contributed by atoms with Crippen molar-refractivity contribution in [2.24, 2.45) is 5.92 Å². The lowest BCUT2D eigenvalue weighted by Crippen LogP contribution is -2.44. The Balaban J connectivity index is 1.82. The quantitative estimate of drug-likeness (QED) is 0.557. The second-order valence-corrected chi connectivity index (χ2v) is 3.35. The van der Waals surface area contributed by atoms with E-state index in [1.807, 2.05) is 0 Å². The molecule has 2 atom stereocenters. The molecule has 0 aromatic heterocycles. The third-order valence-electron chi connectivity index (χ3n) is 2.49. The molecule has 2 aliphatic heterocycles. The zero-order valence-corrected chi connectivity index (χ0v) is 6.81. The molecule has 64 valence electrons. The normalized spacial score (nSPS) is 39.3. The van der Waals surface area contributed by atoms with Gasteiger partial charge in [-0.1, -0.05) is 0 Å². The number of ether oxygens (including phenoxy) is 1. The van der Waals surface area contributed by atoms with E-state index in [1.54, 1.807) is 0 Å². The summed E-state index contributed by atoms with van der Waals surface area (Å²) < 4.78 is 5.61. The first kappa shape index (κ1) is 7.53. The minimum Gasteiger partial charge on any atom is -0.363 e. The maximum atomic E-state index is 5.61. The summed E-state index contributed by atoms with van der Waals surface area (Å²) in [6.07, 6.45) is 2.76. The predicted molar refractivity (Wildman–Crippen MR) is 43.3 cm³/mol. The second kappa shape index (κ2) is 3.52. The first-order chi connectivity index (χ1) is 5.47. The second-order valence-electron chi connectivity index (χ2n) is 3.35. The number of rotatable bonds is 1. The molecule has 0 aromatic carbocycles. The van der Waals surface area contributed by atoms with Gasteiger partial charge in [-0.05, 0) is 25.9 Å². The summed E-state index contributed by atoms with van der Waals surface area (Å²) in [6, 6.07) is 0. The van der Waals surface area contributed by atoms with Crippen LogP contribution in [-0.4, -0.2) is 32.5 Å². The summed E-state index contributed by atoms with van der Waals surface area (Å²) in [6.45, 7) is 4.35. The van der Waals surface area contributed by atoms with Crippen molar-refractivity contribution in [3.05, 3.63) is 0 Å². The molecule has 0 radical (unpaired) electrons. The zero-order chi connectivity index (χ0) is 7.52. The Morgan fingerprint density at radius 3 is 2.91 bits per heavy atom. The van der Waals surface area contributed by atoms with Crippen LogP contribution in [0.25, 0.3) is 0 Å². The van der Waals surface area contributed by atoms with Crippen LogP contribution < -0.4 is 10.6 Å². The van der Waals surface area contributed by atoms with Crippen molar-refractivity contribution in [1.29, 1.82) is 0 Å². The minimum atomic E-state index is 0.332. The van der Waals surface area contributed by atoms with Crippen molar-refractivity contribution in [3.63, 3.8) is 0 Å².